The maximum atomic E-state index is 5.95. The van der Waals surface area contributed by atoms with E-state index in [-0.39, 0.29) is 5.28 Å². The summed E-state index contributed by atoms with van der Waals surface area (Å²) in [4.78, 5) is 12.4. The maximum absolute atomic E-state index is 5.95. The number of halogens is 1. The van der Waals surface area contributed by atoms with Gasteiger partial charge in [0.05, 0.1) is 5.69 Å². The van der Waals surface area contributed by atoms with Crippen LogP contribution in [0, 0.1) is 0 Å². The molecule has 1 aromatic heterocycles. The second kappa shape index (κ2) is 5.56. The zero-order valence-corrected chi connectivity index (χ0v) is 10.7. The number of nitrogens with zero attached hydrogens (tertiary/aromatic N) is 3. The van der Waals surface area contributed by atoms with Gasteiger partial charge in [-0.15, -0.1) is 0 Å². The molecule has 0 atom stereocenters. The van der Waals surface area contributed by atoms with E-state index in [4.69, 9.17) is 11.6 Å². The summed E-state index contributed by atoms with van der Waals surface area (Å²) in [6.07, 6.45) is 3.71. The molecule has 18 heavy (non-hydrogen) atoms. The molecule has 4 heteroatoms. The highest BCUT2D eigenvalue weighted by Gasteiger charge is 2.12. The van der Waals surface area contributed by atoms with Crippen molar-refractivity contribution < 1.29 is 0 Å². The summed E-state index contributed by atoms with van der Waals surface area (Å²) >= 11 is 5.95. The van der Waals surface area contributed by atoms with E-state index in [0.29, 0.717) is 17.1 Å². The predicted molar refractivity (Wildman–Crippen MR) is 76.4 cm³/mol. The summed E-state index contributed by atoms with van der Waals surface area (Å²) in [6.45, 7) is 5.49. The van der Waals surface area contributed by atoms with Gasteiger partial charge in [0, 0.05) is 5.56 Å². The molecule has 2 aromatic rings. The molecule has 0 saturated heterocycles. The van der Waals surface area contributed by atoms with E-state index < -0.39 is 0 Å². The average Bonchev–Trinajstić information content (AvgIpc) is 2.39. The molecule has 1 aromatic carbocycles. The Hall–Kier alpha value is -2.00. The minimum atomic E-state index is 0.203. The zero-order valence-electron chi connectivity index (χ0n) is 9.97. The van der Waals surface area contributed by atoms with Crippen LogP contribution < -0.4 is 0 Å². The third-order valence-corrected chi connectivity index (χ3v) is 2.58. The van der Waals surface area contributed by atoms with Crippen LogP contribution in [0.3, 0.4) is 0 Å². The molecule has 0 saturated carbocycles. The number of hydrogen-bond donors (Lipinski definition) is 0. The van der Waals surface area contributed by atoms with E-state index >= 15 is 0 Å². The third-order valence-electron chi connectivity index (χ3n) is 2.41. The first-order valence-electron chi connectivity index (χ1n) is 5.48. The third kappa shape index (κ3) is 2.46. The number of rotatable bonds is 3. The van der Waals surface area contributed by atoms with Gasteiger partial charge in [-0.3, -0.25) is 4.99 Å². The molecule has 0 aliphatic rings. The molecule has 0 aliphatic carbocycles. The fraction of sp³-hybridized carbons (Fsp3) is 0.0714. The Labute approximate surface area is 111 Å². The van der Waals surface area contributed by atoms with Crippen LogP contribution in [0.2, 0.25) is 5.28 Å². The Morgan fingerprint density at radius 3 is 2.56 bits per heavy atom. The minimum Gasteiger partial charge on any atom is -0.260 e. The van der Waals surface area contributed by atoms with Crippen molar-refractivity contribution in [1.82, 2.24) is 9.97 Å². The Balaban J connectivity index is 2.70. The highest BCUT2D eigenvalue weighted by Crippen LogP contribution is 2.32. The van der Waals surface area contributed by atoms with Crippen molar-refractivity contribution in [2.75, 3.05) is 0 Å². The zero-order chi connectivity index (χ0) is 13.0. The quantitative estimate of drug-likeness (QED) is 0.612. The molecule has 0 bridgehead atoms. The molecule has 0 fully saturated rings. The van der Waals surface area contributed by atoms with Gasteiger partial charge in [0.2, 0.25) is 5.28 Å². The summed E-state index contributed by atoms with van der Waals surface area (Å²) in [5, 5.41) is 0.203. The van der Waals surface area contributed by atoms with Gasteiger partial charge in [0.1, 0.15) is 11.4 Å². The van der Waals surface area contributed by atoms with Gasteiger partial charge in [-0.25, -0.2) is 9.97 Å². The van der Waals surface area contributed by atoms with Gasteiger partial charge in [-0.2, -0.15) is 0 Å². The smallest absolute Gasteiger partial charge is 0.223 e. The Morgan fingerprint density at radius 2 is 1.94 bits per heavy atom. The van der Waals surface area contributed by atoms with E-state index in [1.165, 1.54) is 0 Å². The van der Waals surface area contributed by atoms with Crippen LogP contribution in [-0.4, -0.2) is 16.7 Å². The lowest BCUT2D eigenvalue weighted by molar-refractivity contribution is 1.15. The normalized spacial score (nSPS) is 10.8. The Morgan fingerprint density at radius 1 is 1.22 bits per heavy atom. The molecule has 0 amide bonds. The molecular formula is C14H12ClN3. The molecule has 0 N–H and O–H groups in total. The van der Waals surface area contributed by atoms with Crippen LogP contribution in [-0.2, 0) is 0 Å². The van der Waals surface area contributed by atoms with Crippen LogP contribution in [0.4, 0.5) is 5.69 Å². The lowest BCUT2D eigenvalue weighted by atomic mass is 10.1. The molecule has 0 aliphatic heterocycles. The van der Waals surface area contributed by atoms with Crippen molar-refractivity contribution in [2.45, 2.75) is 6.92 Å². The van der Waals surface area contributed by atoms with Crippen molar-refractivity contribution in [3.8, 4) is 11.3 Å². The van der Waals surface area contributed by atoms with Crippen molar-refractivity contribution >= 4 is 30.1 Å². The number of benzene rings is 1. The summed E-state index contributed by atoms with van der Waals surface area (Å²) in [5.74, 6) is 0. The average molecular weight is 258 g/mol. The number of hydrogen-bond acceptors (Lipinski definition) is 3. The van der Waals surface area contributed by atoms with Gasteiger partial charge in [0.15, 0.2) is 0 Å². The van der Waals surface area contributed by atoms with E-state index in [2.05, 4.69) is 21.7 Å². The second-order valence-corrected chi connectivity index (χ2v) is 3.94. The van der Waals surface area contributed by atoms with Gasteiger partial charge >= 0.3 is 0 Å². The van der Waals surface area contributed by atoms with Gasteiger partial charge in [-0.05, 0) is 31.3 Å². The molecule has 90 valence electrons. The number of allylic oxidation sites excluding steroid dienone is 1. The Bertz CT molecular complexity index is 591. The lowest BCUT2D eigenvalue weighted by Gasteiger charge is -2.07. The predicted octanol–water partition coefficient (Wildman–Crippen LogP) is 4.16. The fourth-order valence-corrected chi connectivity index (χ4v) is 1.85. The topological polar surface area (TPSA) is 38.1 Å². The SMILES string of the molecule is C=Nc1c(/C=C\C)nc(Cl)nc1-c1ccccc1. The summed E-state index contributed by atoms with van der Waals surface area (Å²) in [6, 6.07) is 9.72. The molecular weight excluding hydrogens is 246 g/mol. The van der Waals surface area contributed by atoms with E-state index in [1.54, 1.807) is 0 Å². The number of aliphatic imine (C=N–C) groups is 1. The Kier molecular flexibility index (Phi) is 3.85. The summed E-state index contributed by atoms with van der Waals surface area (Å²) in [5.41, 5.74) is 2.95. The minimum absolute atomic E-state index is 0.203. The van der Waals surface area contributed by atoms with Crippen LogP contribution in [0.25, 0.3) is 17.3 Å². The first-order valence-corrected chi connectivity index (χ1v) is 5.86. The summed E-state index contributed by atoms with van der Waals surface area (Å²) < 4.78 is 0. The molecule has 0 radical (unpaired) electrons. The largest absolute Gasteiger partial charge is 0.260 e. The van der Waals surface area contributed by atoms with Gasteiger partial charge in [0.25, 0.3) is 0 Å². The molecule has 2 rings (SSSR count). The highest BCUT2D eigenvalue weighted by atomic mass is 35.5. The van der Waals surface area contributed by atoms with Crippen molar-refractivity contribution in [2.24, 2.45) is 4.99 Å². The van der Waals surface area contributed by atoms with Crippen LogP contribution in [0.1, 0.15) is 12.6 Å². The maximum Gasteiger partial charge on any atom is 0.223 e. The van der Waals surface area contributed by atoms with E-state index in [1.807, 2.05) is 49.4 Å². The van der Waals surface area contributed by atoms with Crippen molar-refractivity contribution in [1.29, 1.82) is 0 Å². The molecule has 3 nitrogen and oxygen atoms in total. The van der Waals surface area contributed by atoms with Crippen LogP contribution in [0.5, 0.6) is 0 Å². The van der Waals surface area contributed by atoms with Crippen LogP contribution >= 0.6 is 11.6 Å². The van der Waals surface area contributed by atoms with Crippen molar-refractivity contribution in [3.05, 3.63) is 47.4 Å². The monoisotopic (exact) mass is 257 g/mol. The number of aromatic nitrogens is 2. The van der Waals surface area contributed by atoms with Crippen molar-refractivity contribution in [3.63, 3.8) is 0 Å². The van der Waals surface area contributed by atoms with E-state index in [9.17, 15) is 0 Å². The standard InChI is InChI=1S/C14H12ClN3/c1-3-7-11-13(16-2)12(18-14(15)17-11)10-8-5-4-6-9-10/h3-9H,2H2,1H3/b7-3-. The second-order valence-electron chi connectivity index (χ2n) is 3.60. The van der Waals surface area contributed by atoms with Gasteiger partial charge < -0.3 is 0 Å². The lowest BCUT2D eigenvalue weighted by Crippen LogP contribution is -1.93. The summed E-state index contributed by atoms with van der Waals surface area (Å²) in [7, 11) is 0. The first kappa shape index (κ1) is 12.5. The first-order chi connectivity index (χ1) is 8.76. The molecule has 0 spiro atoms. The van der Waals surface area contributed by atoms with E-state index in [0.717, 1.165) is 5.56 Å². The molecule has 0 unspecified atom stereocenters. The fourth-order valence-electron chi connectivity index (χ4n) is 1.67. The van der Waals surface area contributed by atoms with Gasteiger partial charge in [-0.1, -0.05) is 36.4 Å². The highest BCUT2D eigenvalue weighted by molar-refractivity contribution is 6.28. The van der Waals surface area contributed by atoms with Crippen LogP contribution in [0.15, 0.2) is 41.4 Å². The molecule has 1 heterocycles.